The van der Waals surface area contributed by atoms with Crippen LogP contribution in [0.2, 0.25) is 0 Å². The van der Waals surface area contributed by atoms with Gasteiger partial charge in [-0.15, -0.1) is 0 Å². The molecule has 3 rings (SSSR count). The topological polar surface area (TPSA) is 44.8 Å². The zero-order valence-electron chi connectivity index (χ0n) is 13.0. The van der Waals surface area contributed by atoms with E-state index in [4.69, 9.17) is 14.2 Å². The Morgan fingerprint density at radius 2 is 2.04 bits per heavy atom. The summed E-state index contributed by atoms with van der Waals surface area (Å²) in [4.78, 5) is 11.6. The Bertz CT molecular complexity index is 719. The molecule has 4 nitrogen and oxygen atoms in total. The third kappa shape index (κ3) is 3.72. The van der Waals surface area contributed by atoms with E-state index in [0.29, 0.717) is 19.8 Å². The van der Waals surface area contributed by atoms with E-state index in [-0.39, 0.29) is 5.97 Å². The number of ether oxygens (including phenoxy) is 3. The van der Waals surface area contributed by atoms with Crippen LogP contribution in [0, 0.1) is 0 Å². The lowest BCUT2D eigenvalue weighted by molar-refractivity contribution is -0.137. The van der Waals surface area contributed by atoms with Crippen LogP contribution in [0.1, 0.15) is 18.1 Å². The van der Waals surface area contributed by atoms with Crippen LogP contribution >= 0.6 is 0 Å². The monoisotopic (exact) mass is 310 g/mol. The number of hydrogen-bond donors (Lipinski definition) is 0. The molecule has 0 amide bonds. The summed E-state index contributed by atoms with van der Waals surface area (Å²) in [6, 6.07) is 15.6. The molecule has 2 aromatic carbocycles. The second-order valence-corrected chi connectivity index (χ2v) is 5.14. The van der Waals surface area contributed by atoms with Crippen LogP contribution in [0.3, 0.4) is 0 Å². The molecule has 0 saturated heterocycles. The summed E-state index contributed by atoms with van der Waals surface area (Å²) in [6.45, 7) is 3.02. The predicted molar refractivity (Wildman–Crippen MR) is 87.3 cm³/mol. The van der Waals surface area contributed by atoms with Gasteiger partial charge in [-0.05, 0) is 24.6 Å². The molecule has 0 unspecified atom stereocenters. The fourth-order valence-corrected chi connectivity index (χ4v) is 2.40. The zero-order chi connectivity index (χ0) is 16.1. The summed E-state index contributed by atoms with van der Waals surface area (Å²) in [5.74, 6) is 1.12. The van der Waals surface area contributed by atoms with Gasteiger partial charge in [0.25, 0.3) is 0 Å². The van der Waals surface area contributed by atoms with Crippen molar-refractivity contribution in [3.8, 4) is 11.5 Å². The highest BCUT2D eigenvalue weighted by atomic mass is 16.5. The Morgan fingerprint density at radius 1 is 1.22 bits per heavy atom. The van der Waals surface area contributed by atoms with Gasteiger partial charge in [-0.1, -0.05) is 30.3 Å². The van der Waals surface area contributed by atoms with E-state index in [2.05, 4.69) is 0 Å². The lowest BCUT2D eigenvalue weighted by atomic mass is 10.1. The van der Waals surface area contributed by atoms with E-state index in [1.807, 2.05) is 48.5 Å². The van der Waals surface area contributed by atoms with Crippen molar-refractivity contribution in [2.24, 2.45) is 0 Å². The van der Waals surface area contributed by atoms with E-state index in [1.165, 1.54) is 6.08 Å². The molecule has 0 bridgehead atoms. The first-order valence-electron chi connectivity index (χ1n) is 7.57. The van der Waals surface area contributed by atoms with Crippen LogP contribution in [0.4, 0.5) is 0 Å². The molecule has 118 valence electrons. The van der Waals surface area contributed by atoms with Gasteiger partial charge in [0, 0.05) is 23.3 Å². The zero-order valence-corrected chi connectivity index (χ0v) is 13.0. The SMILES string of the molecule is CCOC(=O)/C=C1\COc2cc(OCc3ccccc3)ccc21. The molecule has 1 aliphatic rings. The molecular formula is C19H18O4. The van der Waals surface area contributed by atoms with E-state index < -0.39 is 0 Å². The van der Waals surface area contributed by atoms with Crippen molar-refractivity contribution in [2.45, 2.75) is 13.5 Å². The Balaban J connectivity index is 1.70. The number of benzene rings is 2. The van der Waals surface area contributed by atoms with Crippen molar-refractivity contribution < 1.29 is 19.0 Å². The molecular weight excluding hydrogens is 292 g/mol. The first kappa shape index (κ1) is 15.2. The van der Waals surface area contributed by atoms with Gasteiger partial charge in [0.2, 0.25) is 0 Å². The molecule has 0 aliphatic carbocycles. The fourth-order valence-electron chi connectivity index (χ4n) is 2.40. The van der Waals surface area contributed by atoms with Crippen molar-refractivity contribution in [2.75, 3.05) is 13.2 Å². The minimum atomic E-state index is -0.344. The van der Waals surface area contributed by atoms with Gasteiger partial charge in [0.05, 0.1) is 6.61 Å². The first-order chi connectivity index (χ1) is 11.3. The highest BCUT2D eigenvalue weighted by Gasteiger charge is 2.19. The molecule has 23 heavy (non-hydrogen) atoms. The fraction of sp³-hybridized carbons (Fsp3) is 0.211. The maximum Gasteiger partial charge on any atom is 0.331 e. The lowest BCUT2D eigenvalue weighted by Crippen LogP contribution is -2.01. The summed E-state index contributed by atoms with van der Waals surface area (Å²) in [7, 11) is 0. The molecule has 4 heteroatoms. The first-order valence-corrected chi connectivity index (χ1v) is 7.57. The third-order valence-corrected chi connectivity index (χ3v) is 3.51. The summed E-state index contributed by atoms with van der Waals surface area (Å²) < 4.78 is 16.3. The Morgan fingerprint density at radius 3 is 2.83 bits per heavy atom. The largest absolute Gasteiger partial charge is 0.489 e. The van der Waals surface area contributed by atoms with Gasteiger partial charge in [0.1, 0.15) is 24.7 Å². The minimum Gasteiger partial charge on any atom is -0.489 e. The average molecular weight is 310 g/mol. The maximum absolute atomic E-state index is 11.6. The van der Waals surface area contributed by atoms with Crippen LogP contribution in [-0.2, 0) is 16.1 Å². The lowest BCUT2D eigenvalue weighted by Gasteiger charge is -2.07. The second-order valence-electron chi connectivity index (χ2n) is 5.14. The molecule has 0 fully saturated rings. The molecule has 0 aromatic heterocycles. The molecule has 0 atom stereocenters. The third-order valence-electron chi connectivity index (χ3n) is 3.51. The van der Waals surface area contributed by atoms with E-state index in [0.717, 1.165) is 28.2 Å². The van der Waals surface area contributed by atoms with Crippen LogP contribution in [-0.4, -0.2) is 19.2 Å². The van der Waals surface area contributed by atoms with Crippen LogP contribution in [0.5, 0.6) is 11.5 Å². The number of fused-ring (bicyclic) bond motifs is 1. The molecule has 1 aliphatic heterocycles. The van der Waals surface area contributed by atoms with Crippen LogP contribution in [0.15, 0.2) is 54.6 Å². The summed E-state index contributed by atoms with van der Waals surface area (Å²) in [5.41, 5.74) is 2.84. The number of esters is 1. The van der Waals surface area contributed by atoms with Crippen molar-refractivity contribution in [3.63, 3.8) is 0 Å². The molecule has 0 saturated carbocycles. The van der Waals surface area contributed by atoms with Crippen LogP contribution < -0.4 is 9.47 Å². The average Bonchev–Trinajstić information content (AvgIpc) is 2.96. The van der Waals surface area contributed by atoms with Gasteiger partial charge < -0.3 is 14.2 Å². The smallest absolute Gasteiger partial charge is 0.331 e. The van der Waals surface area contributed by atoms with Crippen molar-refractivity contribution in [1.29, 1.82) is 0 Å². The number of hydrogen-bond acceptors (Lipinski definition) is 4. The van der Waals surface area contributed by atoms with Gasteiger partial charge in [-0.2, -0.15) is 0 Å². The number of carbonyl (C=O) groups excluding carboxylic acids is 1. The van der Waals surface area contributed by atoms with E-state index in [9.17, 15) is 4.79 Å². The van der Waals surface area contributed by atoms with Gasteiger partial charge in [-0.25, -0.2) is 4.79 Å². The quantitative estimate of drug-likeness (QED) is 0.625. The maximum atomic E-state index is 11.6. The van der Waals surface area contributed by atoms with Gasteiger partial charge in [0.15, 0.2) is 0 Å². The van der Waals surface area contributed by atoms with Gasteiger partial charge in [-0.3, -0.25) is 0 Å². The number of rotatable bonds is 5. The highest BCUT2D eigenvalue weighted by Crippen LogP contribution is 2.36. The molecule has 0 spiro atoms. The standard InChI is InChI=1S/C19H18O4/c1-2-21-19(20)10-15-13-23-18-11-16(8-9-17(15)18)22-12-14-6-4-3-5-7-14/h3-11H,2,12-13H2,1H3/b15-10+. The Labute approximate surface area is 135 Å². The summed E-state index contributed by atoms with van der Waals surface area (Å²) >= 11 is 0. The Kier molecular flexibility index (Phi) is 4.62. The van der Waals surface area contributed by atoms with Crippen molar-refractivity contribution >= 4 is 11.5 Å². The van der Waals surface area contributed by atoms with Crippen LogP contribution in [0.25, 0.3) is 5.57 Å². The second kappa shape index (κ2) is 7.01. The van der Waals surface area contributed by atoms with Gasteiger partial charge >= 0.3 is 5.97 Å². The van der Waals surface area contributed by atoms with E-state index >= 15 is 0 Å². The molecule has 0 N–H and O–H groups in total. The number of carbonyl (C=O) groups is 1. The predicted octanol–water partition coefficient (Wildman–Crippen LogP) is 3.60. The summed E-state index contributed by atoms with van der Waals surface area (Å²) in [6.07, 6.45) is 1.49. The highest BCUT2D eigenvalue weighted by molar-refractivity contribution is 5.93. The Hall–Kier alpha value is -2.75. The summed E-state index contributed by atoms with van der Waals surface area (Å²) in [5, 5.41) is 0. The van der Waals surface area contributed by atoms with E-state index in [1.54, 1.807) is 6.92 Å². The normalized spacial score (nSPS) is 14.2. The molecule has 1 heterocycles. The minimum absolute atomic E-state index is 0.344. The van der Waals surface area contributed by atoms with Crippen molar-refractivity contribution in [3.05, 3.63) is 65.7 Å². The van der Waals surface area contributed by atoms with Crippen molar-refractivity contribution in [1.82, 2.24) is 0 Å². The molecule has 0 radical (unpaired) electrons. The molecule has 2 aromatic rings.